The number of nitrogens with zero attached hydrogens (tertiary/aromatic N) is 3. The van der Waals surface area contributed by atoms with Crippen molar-refractivity contribution in [2.75, 3.05) is 26.3 Å². The Kier molecular flexibility index (Phi) is 6.53. The molecule has 7 heteroatoms. The van der Waals surface area contributed by atoms with Crippen LogP contribution in [0.3, 0.4) is 0 Å². The van der Waals surface area contributed by atoms with Crippen LogP contribution in [0.4, 0.5) is 4.39 Å². The third-order valence-corrected chi connectivity index (χ3v) is 6.06. The molecule has 1 atom stereocenters. The number of amides is 1. The van der Waals surface area contributed by atoms with Gasteiger partial charge in [0.1, 0.15) is 18.2 Å². The molecule has 0 bridgehead atoms. The van der Waals surface area contributed by atoms with E-state index in [0.29, 0.717) is 44.2 Å². The molecule has 0 radical (unpaired) electrons. The summed E-state index contributed by atoms with van der Waals surface area (Å²) < 4.78 is 26.7. The van der Waals surface area contributed by atoms with E-state index in [1.54, 1.807) is 30.5 Å². The monoisotopic (exact) mass is 459 g/mol. The average molecular weight is 460 g/mol. The normalized spacial score (nSPS) is 16.4. The SMILES string of the molecule is O=C(c1cccc(OCc2ccc(F)cc2)c1)N1CCOC[C@@H](Cc2cccn3nccc23)C1. The largest absolute Gasteiger partial charge is 0.489 e. The van der Waals surface area contributed by atoms with E-state index in [9.17, 15) is 9.18 Å². The number of hydrogen-bond donors (Lipinski definition) is 0. The lowest BCUT2D eigenvalue weighted by Gasteiger charge is -2.24. The van der Waals surface area contributed by atoms with Crippen molar-refractivity contribution in [2.45, 2.75) is 13.0 Å². The van der Waals surface area contributed by atoms with Gasteiger partial charge < -0.3 is 14.4 Å². The minimum absolute atomic E-state index is 0.0368. The van der Waals surface area contributed by atoms with E-state index in [2.05, 4.69) is 11.2 Å². The van der Waals surface area contributed by atoms with E-state index in [0.717, 1.165) is 17.5 Å². The van der Waals surface area contributed by atoms with E-state index in [1.165, 1.54) is 17.7 Å². The fraction of sp³-hybridized carbons (Fsp3) is 0.259. The van der Waals surface area contributed by atoms with Crippen LogP contribution in [0.15, 0.2) is 79.1 Å². The maximum atomic E-state index is 13.3. The fourth-order valence-corrected chi connectivity index (χ4v) is 4.33. The van der Waals surface area contributed by atoms with Crippen LogP contribution < -0.4 is 4.74 Å². The number of carbonyl (C=O) groups is 1. The predicted molar refractivity (Wildman–Crippen MR) is 126 cm³/mol. The highest BCUT2D eigenvalue weighted by Gasteiger charge is 2.24. The van der Waals surface area contributed by atoms with Crippen LogP contribution in [-0.4, -0.2) is 46.7 Å². The first kappa shape index (κ1) is 22.1. The summed E-state index contributed by atoms with van der Waals surface area (Å²) in [4.78, 5) is 15.2. The number of carbonyl (C=O) groups excluding carboxylic acids is 1. The molecule has 4 aromatic rings. The van der Waals surface area contributed by atoms with E-state index in [-0.39, 0.29) is 17.6 Å². The molecular formula is C27H26FN3O3. The van der Waals surface area contributed by atoms with Gasteiger partial charge in [0.15, 0.2) is 0 Å². The molecule has 1 amide bonds. The second-order valence-electron chi connectivity index (χ2n) is 8.53. The highest BCUT2D eigenvalue weighted by atomic mass is 19.1. The van der Waals surface area contributed by atoms with Gasteiger partial charge in [-0.15, -0.1) is 0 Å². The molecule has 1 aliphatic rings. The molecule has 1 saturated heterocycles. The molecule has 3 heterocycles. The molecule has 2 aromatic carbocycles. The summed E-state index contributed by atoms with van der Waals surface area (Å²) in [6.45, 7) is 2.60. The molecule has 1 aliphatic heterocycles. The molecule has 0 spiro atoms. The Labute approximate surface area is 197 Å². The molecule has 2 aromatic heterocycles. The lowest BCUT2D eigenvalue weighted by molar-refractivity contribution is 0.0737. The average Bonchev–Trinajstić information content (AvgIpc) is 3.23. The maximum Gasteiger partial charge on any atom is 0.254 e. The molecule has 0 aliphatic carbocycles. The van der Waals surface area contributed by atoms with Gasteiger partial charge in [-0.05, 0) is 60.0 Å². The highest BCUT2D eigenvalue weighted by molar-refractivity contribution is 5.94. The van der Waals surface area contributed by atoms with Gasteiger partial charge in [0, 0.05) is 37.0 Å². The van der Waals surface area contributed by atoms with Crippen molar-refractivity contribution in [1.29, 1.82) is 0 Å². The minimum Gasteiger partial charge on any atom is -0.489 e. The summed E-state index contributed by atoms with van der Waals surface area (Å²) in [6.07, 6.45) is 4.54. The molecule has 6 nitrogen and oxygen atoms in total. The molecular weight excluding hydrogens is 433 g/mol. The molecule has 1 fully saturated rings. The quantitative estimate of drug-likeness (QED) is 0.429. The van der Waals surface area contributed by atoms with Crippen molar-refractivity contribution in [1.82, 2.24) is 14.5 Å². The summed E-state index contributed by atoms with van der Waals surface area (Å²) >= 11 is 0. The number of ether oxygens (including phenoxy) is 2. The summed E-state index contributed by atoms with van der Waals surface area (Å²) in [5.41, 5.74) is 3.71. The van der Waals surface area contributed by atoms with Gasteiger partial charge in [-0.2, -0.15) is 5.10 Å². The number of rotatable bonds is 6. The number of benzene rings is 2. The van der Waals surface area contributed by atoms with Crippen molar-refractivity contribution < 1.29 is 18.7 Å². The van der Waals surface area contributed by atoms with Crippen molar-refractivity contribution in [2.24, 2.45) is 5.92 Å². The third-order valence-electron chi connectivity index (χ3n) is 6.06. The summed E-state index contributed by atoms with van der Waals surface area (Å²) in [6, 6.07) is 19.5. The van der Waals surface area contributed by atoms with Crippen LogP contribution in [0.1, 0.15) is 21.5 Å². The lowest BCUT2D eigenvalue weighted by atomic mass is 9.99. The van der Waals surface area contributed by atoms with Crippen LogP contribution in [-0.2, 0) is 17.8 Å². The Morgan fingerprint density at radius 2 is 2.00 bits per heavy atom. The standard InChI is InChI=1S/C27H26FN3O3/c28-24-8-6-20(7-9-24)19-34-25-5-1-3-23(16-25)27(32)30-13-14-33-18-21(17-30)15-22-4-2-12-31-26(22)10-11-29-31/h1-12,16,21H,13-15,17-19H2/t21-/m0/s1. The molecule has 34 heavy (non-hydrogen) atoms. The highest BCUT2D eigenvalue weighted by Crippen LogP contribution is 2.21. The van der Waals surface area contributed by atoms with Crippen molar-refractivity contribution >= 4 is 11.4 Å². The van der Waals surface area contributed by atoms with Gasteiger partial charge in [0.2, 0.25) is 0 Å². The first-order valence-corrected chi connectivity index (χ1v) is 11.4. The number of aromatic nitrogens is 2. The first-order chi connectivity index (χ1) is 16.7. The Morgan fingerprint density at radius 3 is 2.88 bits per heavy atom. The number of pyridine rings is 1. The van der Waals surface area contributed by atoms with Crippen LogP contribution in [0.5, 0.6) is 5.75 Å². The van der Waals surface area contributed by atoms with Gasteiger partial charge in [0.05, 0.1) is 18.7 Å². The molecule has 0 unspecified atom stereocenters. The van der Waals surface area contributed by atoms with Crippen LogP contribution in [0.2, 0.25) is 0 Å². The van der Waals surface area contributed by atoms with E-state index in [1.807, 2.05) is 39.9 Å². The predicted octanol–water partition coefficient (Wildman–Crippen LogP) is 4.38. The van der Waals surface area contributed by atoms with Gasteiger partial charge in [-0.3, -0.25) is 4.79 Å². The molecule has 0 N–H and O–H groups in total. The van der Waals surface area contributed by atoms with Gasteiger partial charge in [0.25, 0.3) is 5.91 Å². The molecule has 174 valence electrons. The summed E-state index contributed by atoms with van der Waals surface area (Å²) in [5, 5.41) is 4.31. The van der Waals surface area contributed by atoms with Crippen molar-refractivity contribution in [3.8, 4) is 5.75 Å². The Hall–Kier alpha value is -3.71. The third kappa shape index (κ3) is 5.10. The van der Waals surface area contributed by atoms with Gasteiger partial charge >= 0.3 is 0 Å². The van der Waals surface area contributed by atoms with Crippen molar-refractivity contribution in [3.05, 3.63) is 102 Å². The van der Waals surface area contributed by atoms with Gasteiger partial charge in [-0.1, -0.05) is 24.3 Å². The second-order valence-corrected chi connectivity index (χ2v) is 8.53. The summed E-state index contributed by atoms with van der Waals surface area (Å²) in [5.74, 6) is 0.471. The molecule has 5 rings (SSSR count). The Balaban J connectivity index is 1.26. The minimum atomic E-state index is -0.280. The number of fused-ring (bicyclic) bond motifs is 1. The Morgan fingerprint density at radius 1 is 1.12 bits per heavy atom. The zero-order valence-corrected chi connectivity index (χ0v) is 18.8. The van der Waals surface area contributed by atoms with E-state index < -0.39 is 0 Å². The van der Waals surface area contributed by atoms with Crippen molar-refractivity contribution in [3.63, 3.8) is 0 Å². The zero-order chi connectivity index (χ0) is 23.3. The van der Waals surface area contributed by atoms with Crippen LogP contribution in [0, 0.1) is 11.7 Å². The second kappa shape index (κ2) is 10.1. The number of halogens is 1. The Bertz CT molecular complexity index is 1270. The van der Waals surface area contributed by atoms with Crippen LogP contribution >= 0.6 is 0 Å². The zero-order valence-electron chi connectivity index (χ0n) is 18.8. The van der Waals surface area contributed by atoms with Crippen LogP contribution in [0.25, 0.3) is 5.52 Å². The van der Waals surface area contributed by atoms with E-state index in [4.69, 9.17) is 9.47 Å². The number of hydrogen-bond acceptors (Lipinski definition) is 4. The smallest absolute Gasteiger partial charge is 0.254 e. The topological polar surface area (TPSA) is 56.1 Å². The van der Waals surface area contributed by atoms with E-state index >= 15 is 0 Å². The first-order valence-electron chi connectivity index (χ1n) is 11.4. The fourth-order valence-electron chi connectivity index (χ4n) is 4.33. The summed E-state index contributed by atoms with van der Waals surface area (Å²) in [7, 11) is 0. The lowest BCUT2D eigenvalue weighted by Crippen LogP contribution is -2.36. The molecule has 0 saturated carbocycles. The van der Waals surface area contributed by atoms with Gasteiger partial charge in [-0.25, -0.2) is 8.91 Å². The maximum absolute atomic E-state index is 13.3.